The highest BCUT2D eigenvalue weighted by atomic mass is 35.5. The van der Waals surface area contributed by atoms with E-state index in [9.17, 15) is 9.59 Å². The monoisotopic (exact) mass is 486 g/mol. The van der Waals surface area contributed by atoms with Crippen LogP contribution in [0.2, 0.25) is 5.02 Å². The molecule has 1 aliphatic rings. The first kappa shape index (κ1) is 26.0. The van der Waals surface area contributed by atoms with Gasteiger partial charge in [-0.2, -0.15) is 0 Å². The number of rotatable bonds is 9. The molecular formula is C27H35ClN2O4. The normalized spacial score (nSPS) is 18.1. The van der Waals surface area contributed by atoms with Gasteiger partial charge in [0, 0.05) is 31.6 Å². The molecule has 0 radical (unpaired) electrons. The van der Waals surface area contributed by atoms with Crippen LogP contribution in [0, 0.1) is 12.8 Å². The van der Waals surface area contributed by atoms with Gasteiger partial charge < -0.3 is 19.3 Å². The van der Waals surface area contributed by atoms with E-state index >= 15 is 0 Å². The Morgan fingerprint density at radius 3 is 2.62 bits per heavy atom. The van der Waals surface area contributed by atoms with Crippen molar-refractivity contribution in [1.29, 1.82) is 0 Å². The molecule has 1 fully saturated rings. The molecule has 6 nitrogen and oxygen atoms in total. The molecule has 0 spiro atoms. The second-order valence-electron chi connectivity index (χ2n) is 9.56. The molecule has 2 aromatic carbocycles. The predicted molar refractivity (Wildman–Crippen MR) is 134 cm³/mol. The third kappa shape index (κ3) is 7.21. The van der Waals surface area contributed by atoms with Crippen molar-refractivity contribution in [1.82, 2.24) is 9.80 Å². The van der Waals surface area contributed by atoms with E-state index in [1.807, 2.05) is 62.1 Å². The summed E-state index contributed by atoms with van der Waals surface area (Å²) in [6.07, 6.45) is 0.587. The first-order valence-electron chi connectivity index (χ1n) is 11.8. The van der Waals surface area contributed by atoms with Gasteiger partial charge in [-0.1, -0.05) is 55.8 Å². The highest BCUT2D eigenvalue weighted by Gasteiger charge is 2.42. The molecule has 0 aliphatic carbocycles. The summed E-state index contributed by atoms with van der Waals surface area (Å²) in [6, 6.07) is 15.3. The number of carbonyl (C=O) groups is 2. The molecular weight excluding hydrogens is 452 g/mol. The number of morpholine rings is 1. The molecule has 0 saturated carbocycles. The van der Waals surface area contributed by atoms with E-state index in [0.29, 0.717) is 43.4 Å². The molecule has 7 heteroatoms. The summed E-state index contributed by atoms with van der Waals surface area (Å²) in [5, 5.41) is 0.666. The van der Waals surface area contributed by atoms with Crippen LogP contribution in [0.15, 0.2) is 48.5 Å². The minimum Gasteiger partial charge on any atom is -0.490 e. The van der Waals surface area contributed by atoms with Crippen LogP contribution >= 0.6 is 11.6 Å². The Labute approximate surface area is 207 Å². The zero-order valence-corrected chi connectivity index (χ0v) is 21.3. The maximum absolute atomic E-state index is 13.3. The lowest BCUT2D eigenvalue weighted by Gasteiger charge is -2.43. The van der Waals surface area contributed by atoms with E-state index in [-0.39, 0.29) is 30.8 Å². The Bertz CT molecular complexity index is 982. The van der Waals surface area contributed by atoms with Crippen molar-refractivity contribution < 1.29 is 19.1 Å². The summed E-state index contributed by atoms with van der Waals surface area (Å²) in [4.78, 5) is 29.6. The third-order valence-corrected chi connectivity index (χ3v) is 6.40. The number of hydrogen-bond acceptors (Lipinski definition) is 4. The second kappa shape index (κ2) is 11.7. The first-order valence-corrected chi connectivity index (χ1v) is 12.1. The molecule has 0 aromatic heterocycles. The molecule has 1 unspecified atom stereocenters. The van der Waals surface area contributed by atoms with Gasteiger partial charge in [0.25, 0.3) is 0 Å². The number of nitrogens with zero attached hydrogens (tertiary/aromatic N) is 2. The molecule has 1 saturated heterocycles. The molecule has 34 heavy (non-hydrogen) atoms. The lowest BCUT2D eigenvalue weighted by molar-refractivity contribution is -0.166. The van der Waals surface area contributed by atoms with E-state index < -0.39 is 5.60 Å². The van der Waals surface area contributed by atoms with Gasteiger partial charge in [0.05, 0.1) is 19.6 Å². The van der Waals surface area contributed by atoms with Crippen LogP contribution in [0.5, 0.6) is 5.75 Å². The second-order valence-corrected chi connectivity index (χ2v) is 9.96. The number of aryl methyl sites for hydroxylation is 1. The van der Waals surface area contributed by atoms with Gasteiger partial charge in [-0.05, 0) is 42.2 Å². The third-order valence-electron chi connectivity index (χ3n) is 5.98. The van der Waals surface area contributed by atoms with Gasteiger partial charge in [0.1, 0.15) is 18.0 Å². The minimum absolute atomic E-state index is 0.0575. The summed E-state index contributed by atoms with van der Waals surface area (Å²) in [5.74, 6) is 0.935. The van der Waals surface area contributed by atoms with Crippen molar-refractivity contribution in [2.45, 2.75) is 45.8 Å². The van der Waals surface area contributed by atoms with E-state index in [1.54, 1.807) is 24.1 Å². The summed E-state index contributed by atoms with van der Waals surface area (Å²) >= 11 is 6.15. The highest BCUT2D eigenvalue weighted by molar-refractivity contribution is 6.31. The average molecular weight is 487 g/mol. The molecule has 184 valence electrons. The highest BCUT2D eigenvalue weighted by Crippen LogP contribution is 2.28. The fourth-order valence-electron chi connectivity index (χ4n) is 4.06. The quantitative estimate of drug-likeness (QED) is 0.514. The molecule has 1 atom stereocenters. The molecule has 0 bridgehead atoms. The van der Waals surface area contributed by atoms with Crippen molar-refractivity contribution in [3.63, 3.8) is 0 Å². The van der Waals surface area contributed by atoms with Gasteiger partial charge in [-0.3, -0.25) is 9.59 Å². The topological polar surface area (TPSA) is 59.1 Å². The lowest BCUT2D eigenvalue weighted by Crippen LogP contribution is -2.58. The summed E-state index contributed by atoms with van der Waals surface area (Å²) in [6.45, 7) is 7.82. The predicted octanol–water partition coefficient (Wildman–Crippen LogP) is 4.72. The molecule has 3 rings (SSSR count). The van der Waals surface area contributed by atoms with E-state index in [1.165, 1.54) is 0 Å². The SMILES string of the molecule is Cc1cc(OCC2(CC(=O)N(C)Cc3ccccc3)CN(C(=O)CC(C)C)CCO2)ccc1Cl. The molecule has 1 aliphatic heterocycles. The Kier molecular flexibility index (Phi) is 8.97. The zero-order valence-electron chi connectivity index (χ0n) is 20.6. The molecule has 2 aromatic rings. The fraction of sp³-hybridized carbons (Fsp3) is 0.481. The summed E-state index contributed by atoms with van der Waals surface area (Å²) in [5.41, 5.74) is 1.03. The van der Waals surface area contributed by atoms with Gasteiger partial charge in [0.15, 0.2) is 0 Å². The maximum atomic E-state index is 13.3. The van der Waals surface area contributed by atoms with E-state index in [2.05, 4.69) is 0 Å². The van der Waals surface area contributed by atoms with Crippen LogP contribution in [0.4, 0.5) is 0 Å². The molecule has 2 amide bonds. The van der Waals surface area contributed by atoms with E-state index in [0.717, 1.165) is 11.1 Å². The Balaban J connectivity index is 1.76. The van der Waals surface area contributed by atoms with Crippen molar-refractivity contribution in [3.05, 3.63) is 64.7 Å². The van der Waals surface area contributed by atoms with Crippen LogP contribution in [0.1, 0.15) is 37.8 Å². The molecule has 0 N–H and O–H groups in total. The zero-order chi connectivity index (χ0) is 24.7. The van der Waals surface area contributed by atoms with Gasteiger partial charge in [0.2, 0.25) is 11.8 Å². The average Bonchev–Trinajstić information content (AvgIpc) is 2.80. The van der Waals surface area contributed by atoms with Crippen LogP contribution in [0.25, 0.3) is 0 Å². The van der Waals surface area contributed by atoms with Crippen LogP contribution < -0.4 is 4.74 Å². The summed E-state index contributed by atoms with van der Waals surface area (Å²) < 4.78 is 12.3. The van der Waals surface area contributed by atoms with Gasteiger partial charge >= 0.3 is 0 Å². The number of hydrogen-bond donors (Lipinski definition) is 0. The van der Waals surface area contributed by atoms with Crippen molar-refractivity contribution >= 4 is 23.4 Å². The maximum Gasteiger partial charge on any atom is 0.225 e. The standard InChI is InChI=1S/C27H35ClN2O4/c1-20(2)14-25(31)30-12-13-34-27(18-30,19-33-23-10-11-24(28)21(3)15-23)16-26(32)29(4)17-22-8-6-5-7-9-22/h5-11,15,20H,12-14,16-19H2,1-4H3. The largest absolute Gasteiger partial charge is 0.490 e. The van der Waals surface area contributed by atoms with Crippen LogP contribution in [-0.4, -0.2) is 60.6 Å². The first-order chi connectivity index (χ1) is 16.2. The smallest absolute Gasteiger partial charge is 0.225 e. The summed E-state index contributed by atoms with van der Waals surface area (Å²) in [7, 11) is 1.79. The van der Waals surface area contributed by atoms with Crippen molar-refractivity contribution in [2.24, 2.45) is 5.92 Å². The number of carbonyl (C=O) groups excluding carboxylic acids is 2. The number of amides is 2. The molecule has 1 heterocycles. The fourth-order valence-corrected chi connectivity index (χ4v) is 4.18. The van der Waals surface area contributed by atoms with Crippen LogP contribution in [-0.2, 0) is 20.9 Å². The Hall–Kier alpha value is -2.57. The van der Waals surface area contributed by atoms with E-state index in [4.69, 9.17) is 21.1 Å². The van der Waals surface area contributed by atoms with Crippen LogP contribution in [0.3, 0.4) is 0 Å². The number of benzene rings is 2. The van der Waals surface area contributed by atoms with Crippen molar-refractivity contribution in [3.8, 4) is 5.75 Å². The lowest BCUT2D eigenvalue weighted by atomic mass is 9.96. The Morgan fingerprint density at radius 2 is 1.94 bits per heavy atom. The minimum atomic E-state index is -0.930. The number of halogens is 1. The number of ether oxygens (including phenoxy) is 2. The van der Waals surface area contributed by atoms with Gasteiger partial charge in [-0.25, -0.2) is 0 Å². The van der Waals surface area contributed by atoms with Gasteiger partial charge in [-0.15, -0.1) is 0 Å². The Morgan fingerprint density at radius 1 is 1.21 bits per heavy atom. The van der Waals surface area contributed by atoms with Crippen molar-refractivity contribution in [2.75, 3.05) is 33.4 Å².